The van der Waals surface area contributed by atoms with Crippen molar-refractivity contribution in [1.29, 1.82) is 0 Å². The molecular weight excluding hydrogens is 248 g/mol. The highest BCUT2D eigenvalue weighted by atomic mass is 16.6. The zero-order valence-electron chi connectivity index (χ0n) is 11.4. The van der Waals surface area contributed by atoms with E-state index in [9.17, 15) is 10.1 Å². The molecule has 0 spiro atoms. The number of anilines is 1. The molecule has 2 heterocycles. The minimum atomic E-state index is -0.334. The van der Waals surface area contributed by atoms with E-state index in [-0.39, 0.29) is 17.2 Å². The van der Waals surface area contributed by atoms with Crippen LogP contribution in [-0.4, -0.2) is 39.5 Å². The third-order valence-electron chi connectivity index (χ3n) is 3.75. The van der Waals surface area contributed by atoms with Gasteiger partial charge < -0.3 is 10.0 Å². The summed E-state index contributed by atoms with van der Waals surface area (Å²) in [5, 5.41) is 24.7. The lowest BCUT2D eigenvalue weighted by atomic mass is 9.98. The van der Waals surface area contributed by atoms with Gasteiger partial charge in [0.25, 0.3) is 0 Å². The molecule has 0 bridgehead atoms. The summed E-state index contributed by atoms with van der Waals surface area (Å²) < 4.78 is 1.61. The minimum absolute atomic E-state index is 0.132. The van der Waals surface area contributed by atoms with Gasteiger partial charge in [-0.2, -0.15) is 5.10 Å². The van der Waals surface area contributed by atoms with Gasteiger partial charge in [0, 0.05) is 26.7 Å². The SMILES string of the molecule is CCc1nn(C)c(N2CCC(CO)CC2)c1[N+](=O)[O-]. The van der Waals surface area contributed by atoms with Crippen LogP contribution in [0, 0.1) is 16.0 Å². The first-order valence-corrected chi connectivity index (χ1v) is 6.64. The molecule has 1 saturated heterocycles. The zero-order valence-corrected chi connectivity index (χ0v) is 11.4. The first kappa shape index (κ1) is 13.8. The van der Waals surface area contributed by atoms with Crippen LogP contribution in [0.25, 0.3) is 0 Å². The number of piperidine rings is 1. The van der Waals surface area contributed by atoms with Crippen molar-refractivity contribution in [1.82, 2.24) is 9.78 Å². The van der Waals surface area contributed by atoms with Gasteiger partial charge in [-0.3, -0.25) is 10.1 Å². The summed E-state index contributed by atoms with van der Waals surface area (Å²) in [5.74, 6) is 0.910. The second kappa shape index (κ2) is 5.56. The molecule has 1 aliphatic heterocycles. The van der Waals surface area contributed by atoms with Crippen molar-refractivity contribution in [3.63, 3.8) is 0 Å². The molecule has 1 aromatic heterocycles. The number of hydrogen-bond acceptors (Lipinski definition) is 5. The number of aryl methyl sites for hydroxylation is 2. The Balaban J connectivity index is 2.29. The average Bonchev–Trinajstić information content (AvgIpc) is 2.76. The molecular formula is C12H20N4O3. The normalized spacial score (nSPS) is 16.9. The summed E-state index contributed by atoms with van der Waals surface area (Å²) in [4.78, 5) is 12.9. The fourth-order valence-corrected chi connectivity index (χ4v) is 2.67. The molecule has 0 aromatic carbocycles. The van der Waals surface area contributed by atoms with Gasteiger partial charge in [0.15, 0.2) is 0 Å². The van der Waals surface area contributed by atoms with E-state index in [4.69, 9.17) is 5.11 Å². The molecule has 0 aliphatic carbocycles. The Hall–Kier alpha value is -1.63. The number of nitro groups is 1. The number of nitrogens with zero attached hydrogens (tertiary/aromatic N) is 4. The van der Waals surface area contributed by atoms with E-state index in [0.29, 0.717) is 23.9 Å². The van der Waals surface area contributed by atoms with Crippen LogP contribution in [0.2, 0.25) is 0 Å². The number of hydrogen-bond donors (Lipinski definition) is 1. The molecule has 1 aromatic rings. The zero-order chi connectivity index (χ0) is 14.0. The number of aliphatic hydroxyl groups excluding tert-OH is 1. The van der Waals surface area contributed by atoms with Gasteiger partial charge in [-0.1, -0.05) is 6.92 Å². The lowest BCUT2D eigenvalue weighted by Gasteiger charge is -2.31. The summed E-state index contributed by atoms with van der Waals surface area (Å²) in [7, 11) is 1.75. The van der Waals surface area contributed by atoms with Crippen LogP contribution >= 0.6 is 0 Å². The van der Waals surface area contributed by atoms with Gasteiger partial charge in [0.2, 0.25) is 5.82 Å². The van der Waals surface area contributed by atoms with E-state index in [1.807, 2.05) is 11.8 Å². The van der Waals surface area contributed by atoms with Crippen molar-refractivity contribution in [2.24, 2.45) is 13.0 Å². The summed E-state index contributed by atoms with van der Waals surface area (Å²) in [6.07, 6.45) is 2.28. The third kappa shape index (κ3) is 2.56. The molecule has 7 heteroatoms. The molecule has 1 fully saturated rings. The van der Waals surface area contributed by atoms with Crippen LogP contribution in [0.3, 0.4) is 0 Å². The lowest BCUT2D eigenvalue weighted by Crippen LogP contribution is -2.36. The molecule has 0 unspecified atom stereocenters. The monoisotopic (exact) mass is 268 g/mol. The van der Waals surface area contributed by atoms with Crippen LogP contribution < -0.4 is 4.90 Å². The van der Waals surface area contributed by atoms with Crippen molar-refractivity contribution < 1.29 is 10.0 Å². The maximum absolute atomic E-state index is 11.3. The summed E-state index contributed by atoms with van der Waals surface area (Å²) in [5.41, 5.74) is 0.666. The van der Waals surface area contributed by atoms with Crippen LogP contribution in [0.5, 0.6) is 0 Å². The van der Waals surface area contributed by atoms with Crippen molar-refractivity contribution in [3.05, 3.63) is 15.8 Å². The topological polar surface area (TPSA) is 84.4 Å². The summed E-state index contributed by atoms with van der Waals surface area (Å²) in [6.45, 7) is 3.53. The number of aromatic nitrogens is 2. The predicted molar refractivity (Wildman–Crippen MR) is 71.3 cm³/mol. The molecule has 0 amide bonds. The Morgan fingerprint density at radius 3 is 2.58 bits per heavy atom. The average molecular weight is 268 g/mol. The first-order chi connectivity index (χ1) is 9.08. The molecule has 106 valence electrons. The van der Waals surface area contributed by atoms with Gasteiger partial charge in [0.1, 0.15) is 5.69 Å². The summed E-state index contributed by atoms with van der Waals surface area (Å²) in [6, 6.07) is 0. The van der Waals surface area contributed by atoms with Crippen molar-refractivity contribution in [2.75, 3.05) is 24.6 Å². The highest BCUT2D eigenvalue weighted by molar-refractivity contribution is 5.61. The predicted octanol–water partition coefficient (Wildman–Crippen LogP) is 1.10. The molecule has 19 heavy (non-hydrogen) atoms. The molecule has 1 aliphatic rings. The number of rotatable bonds is 4. The van der Waals surface area contributed by atoms with Crippen molar-refractivity contribution in [3.8, 4) is 0 Å². The smallest absolute Gasteiger partial charge is 0.334 e. The van der Waals surface area contributed by atoms with E-state index in [1.54, 1.807) is 11.7 Å². The van der Waals surface area contributed by atoms with Gasteiger partial charge in [-0.15, -0.1) is 0 Å². The van der Waals surface area contributed by atoms with Crippen molar-refractivity contribution >= 4 is 11.5 Å². The third-order valence-corrected chi connectivity index (χ3v) is 3.75. The largest absolute Gasteiger partial charge is 0.396 e. The standard InChI is InChI=1S/C12H20N4O3/c1-3-10-11(16(18)19)12(14(2)13-10)15-6-4-9(8-17)5-7-15/h9,17H,3-8H2,1-2H3. The molecule has 0 saturated carbocycles. The second-order valence-electron chi connectivity index (χ2n) is 4.97. The Kier molecular flexibility index (Phi) is 4.04. The van der Waals surface area contributed by atoms with E-state index in [2.05, 4.69) is 5.10 Å². The fourth-order valence-electron chi connectivity index (χ4n) is 2.67. The van der Waals surface area contributed by atoms with Crippen LogP contribution in [0.15, 0.2) is 0 Å². The molecule has 2 rings (SSSR count). The first-order valence-electron chi connectivity index (χ1n) is 6.64. The highest BCUT2D eigenvalue weighted by Crippen LogP contribution is 2.34. The van der Waals surface area contributed by atoms with Crippen LogP contribution in [-0.2, 0) is 13.5 Å². The molecule has 0 atom stereocenters. The van der Waals surface area contributed by atoms with Gasteiger partial charge in [0.05, 0.1) is 4.92 Å². The van der Waals surface area contributed by atoms with Gasteiger partial charge in [-0.05, 0) is 25.2 Å². The van der Waals surface area contributed by atoms with E-state index >= 15 is 0 Å². The van der Waals surface area contributed by atoms with E-state index < -0.39 is 0 Å². The second-order valence-corrected chi connectivity index (χ2v) is 4.97. The Bertz CT molecular complexity index is 464. The summed E-state index contributed by atoms with van der Waals surface area (Å²) >= 11 is 0. The Morgan fingerprint density at radius 2 is 2.11 bits per heavy atom. The van der Waals surface area contributed by atoms with Gasteiger partial charge in [-0.25, -0.2) is 4.68 Å². The quantitative estimate of drug-likeness (QED) is 0.653. The Labute approximate surface area is 112 Å². The van der Waals surface area contributed by atoms with Crippen LogP contribution in [0.1, 0.15) is 25.5 Å². The van der Waals surface area contributed by atoms with Crippen LogP contribution in [0.4, 0.5) is 11.5 Å². The maximum Gasteiger partial charge on any atom is 0.334 e. The molecule has 7 nitrogen and oxygen atoms in total. The minimum Gasteiger partial charge on any atom is -0.396 e. The maximum atomic E-state index is 11.3. The molecule has 0 radical (unpaired) electrons. The number of aliphatic hydroxyl groups is 1. The Morgan fingerprint density at radius 1 is 1.47 bits per heavy atom. The fraction of sp³-hybridized carbons (Fsp3) is 0.750. The highest BCUT2D eigenvalue weighted by Gasteiger charge is 2.31. The van der Waals surface area contributed by atoms with E-state index in [1.165, 1.54) is 0 Å². The van der Waals surface area contributed by atoms with Gasteiger partial charge >= 0.3 is 5.69 Å². The molecule has 1 N–H and O–H groups in total. The van der Waals surface area contributed by atoms with E-state index in [0.717, 1.165) is 25.9 Å². The lowest BCUT2D eigenvalue weighted by molar-refractivity contribution is -0.384. The van der Waals surface area contributed by atoms with Crippen molar-refractivity contribution in [2.45, 2.75) is 26.2 Å².